The summed E-state index contributed by atoms with van der Waals surface area (Å²) in [6.45, 7) is 3.09. The van der Waals surface area contributed by atoms with Crippen LogP contribution in [0, 0.1) is 0 Å². The molecule has 1 heterocycles. The molecule has 1 saturated carbocycles. The molecule has 2 aromatic rings. The topological polar surface area (TPSA) is 39.1 Å². The Labute approximate surface area is 119 Å². The van der Waals surface area contributed by atoms with Crippen molar-refractivity contribution in [3.8, 4) is 5.75 Å². The molecule has 1 fully saturated rings. The predicted molar refractivity (Wildman–Crippen MR) is 78.9 cm³/mol. The van der Waals surface area contributed by atoms with Gasteiger partial charge in [-0.15, -0.1) is 0 Å². The molecule has 0 aliphatic heterocycles. The summed E-state index contributed by atoms with van der Waals surface area (Å²) in [5, 5.41) is 3.54. The lowest BCUT2D eigenvalue weighted by molar-refractivity contribution is 0.414. The van der Waals surface area contributed by atoms with Crippen LogP contribution >= 0.6 is 0 Å². The van der Waals surface area contributed by atoms with Gasteiger partial charge < -0.3 is 14.6 Å². The number of aromatic nitrogens is 2. The van der Waals surface area contributed by atoms with Crippen LogP contribution in [0.1, 0.15) is 37.1 Å². The predicted octanol–water partition coefficient (Wildman–Crippen LogP) is 2.75. The van der Waals surface area contributed by atoms with Crippen LogP contribution in [0.5, 0.6) is 5.75 Å². The van der Waals surface area contributed by atoms with E-state index >= 15 is 0 Å². The van der Waals surface area contributed by atoms with Gasteiger partial charge in [-0.3, -0.25) is 0 Å². The smallest absolute Gasteiger partial charge is 0.118 e. The molecule has 0 spiro atoms. The maximum atomic E-state index is 5.21. The summed E-state index contributed by atoms with van der Waals surface area (Å²) in [5.41, 5.74) is 2.50. The second-order valence-electron chi connectivity index (χ2n) is 5.40. The van der Waals surface area contributed by atoms with Gasteiger partial charge in [0.15, 0.2) is 0 Å². The number of hydrogen-bond donors (Lipinski definition) is 1. The monoisotopic (exact) mass is 271 g/mol. The van der Waals surface area contributed by atoms with Crippen LogP contribution in [-0.2, 0) is 6.54 Å². The molecule has 1 unspecified atom stereocenters. The van der Waals surface area contributed by atoms with Gasteiger partial charge in [0.25, 0.3) is 0 Å². The molecular formula is C16H21N3O. The first-order chi connectivity index (χ1) is 9.78. The summed E-state index contributed by atoms with van der Waals surface area (Å²) in [6, 6.07) is 9.23. The SMILES string of the molecule is COc1ccc(C(C)n2cncc2CNC2CC2)cc1. The number of methoxy groups -OCH3 is 1. The van der Waals surface area contributed by atoms with Crippen molar-refractivity contribution in [2.75, 3.05) is 7.11 Å². The number of ether oxygens (including phenoxy) is 1. The molecule has 1 aliphatic carbocycles. The molecule has 3 rings (SSSR count). The van der Waals surface area contributed by atoms with E-state index in [0.717, 1.165) is 18.3 Å². The fourth-order valence-electron chi connectivity index (χ4n) is 2.40. The minimum atomic E-state index is 0.277. The highest BCUT2D eigenvalue weighted by molar-refractivity contribution is 5.29. The van der Waals surface area contributed by atoms with E-state index in [9.17, 15) is 0 Å². The number of hydrogen-bond acceptors (Lipinski definition) is 3. The molecule has 1 aromatic heterocycles. The normalized spacial score (nSPS) is 16.1. The third-order valence-corrected chi connectivity index (χ3v) is 3.91. The molecule has 4 nitrogen and oxygen atoms in total. The molecule has 4 heteroatoms. The van der Waals surface area contributed by atoms with Gasteiger partial charge in [-0.1, -0.05) is 12.1 Å². The zero-order chi connectivity index (χ0) is 13.9. The van der Waals surface area contributed by atoms with E-state index in [-0.39, 0.29) is 6.04 Å². The van der Waals surface area contributed by atoms with Crippen molar-refractivity contribution < 1.29 is 4.74 Å². The lowest BCUT2D eigenvalue weighted by Gasteiger charge is -2.17. The van der Waals surface area contributed by atoms with Crippen LogP contribution in [0.4, 0.5) is 0 Å². The third kappa shape index (κ3) is 2.85. The number of rotatable bonds is 6. The van der Waals surface area contributed by atoms with Gasteiger partial charge in [0.1, 0.15) is 5.75 Å². The van der Waals surface area contributed by atoms with Crippen LogP contribution < -0.4 is 10.1 Å². The van der Waals surface area contributed by atoms with Crippen LogP contribution in [0.2, 0.25) is 0 Å². The van der Waals surface area contributed by atoms with E-state index in [1.54, 1.807) is 7.11 Å². The molecule has 20 heavy (non-hydrogen) atoms. The lowest BCUT2D eigenvalue weighted by Crippen LogP contribution is -2.19. The van der Waals surface area contributed by atoms with Crippen molar-refractivity contribution >= 4 is 0 Å². The van der Waals surface area contributed by atoms with Crippen molar-refractivity contribution in [2.24, 2.45) is 0 Å². The second kappa shape index (κ2) is 5.67. The zero-order valence-electron chi connectivity index (χ0n) is 12.0. The molecule has 0 amide bonds. The van der Waals surface area contributed by atoms with Crippen molar-refractivity contribution in [3.63, 3.8) is 0 Å². The summed E-state index contributed by atoms with van der Waals surface area (Å²) in [4.78, 5) is 4.30. The highest BCUT2D eigenvalue weighted by Gasteiger charge is 2.21. The zero-order valence-corrected chi connectivity index (χ0v) is 12.0. The maximum absolute atomic E-state index is 5.21. The average molecular weight is 271 g/mol. The van der Waals surface area contributed by atoms with Gasteiger partial charge in [-0.2, -0.15) is 0 Å². The summed E-state index contributed by atoms with van der Waals surface area (Å²) >= 11 is 0. The third-order valence-electron chi connectivity index (χ3n) is 3.91. The maximum Gasteiger partial charge on any atom is 0.118 e. The number of imidazole rings is 1. The van der Waals surface area contributed by atoms with Crippen molar-refractivity contribution in [1.29, 1.82) is 0 Å². The molecule has 106 valence electrons. The van der Waals surface area contributed by atoms with E-state index in [4.69, 9.17) is 4.74 Å². The molecule has 0 saturated heterocycles. The molecule has 1 aliphatic rings. The Morgan fingerprint density at radius 1 is 1.35 bits per heavy atom. The Kier molecular flexibility index (Phi) is 3.74. The quantitative estimate of drug-likeness (QED) is 0.878. The molecular weight excluding hydrogens is 250 g/mol. The van der Waals surface area contributed by atoms with Crippen LogP contribution in [0.3, 0.4) is 0 Å². The van der Waals surface area contributed by atoms with Crippen molar-refractivity contribution in [3.05, 3.63) is 48.0 Å². The van der Waals surface area contributed by atoms with E-state index in [0.29, 0.717) is 0 Å². The summed E-state index contributed by atoms with van der Waals surface area (Å²) in [6.07, 6.45) is 6.48. The van der Waals surface area contributed by atoms with E-state index in [1.165, 1.54) is 24.1 Å². The van der Waals surface area contributed by atoms with Gasteiger partial charge in [0, 0.05) is 18.8 Å². The fraction of sp³-hybridized carbons (Fsp3) is 0.438. The van der Waals surface area contributed by atoms with Crippen LogP contribution in [0.15, 0.2) is 36.8 Å². The van der Waals surface area contributed by atoms with Crippen LogP contribution in [-0.4, -0.2) is 22.7 Å². The van der Waals surface area contributed by atoms with E-state index < -0.39 is 0 Å². The largest absolute Gasteiger partial charge is 0.497 e. The van der Waals surface area contributed by atoms with Crippen molar-refractivity contribution in [2.45, 2.75) is 38.4 Å². The van der Waals surface area contributed by atoms with E-state index in [1.807, 2.05) is 24.7 Å². The Morgan fingerprint density at radius 3 is 2.75 bits per heavy atom. The minimum Gasteiger partial charge on any atom is -0.497 e. The second-order valence-corrected chi connectivity index (χ2v) is 5.40. The fourth-order valence-corrected chi connectivity index (χ4v) is 2.40. The Bertz CT molecular complexity index is 557. The Hall–Kier alpha value is -1.81. The minimum absolute atomic E-state index is 0.277. The lowest BCUT2D eigenvalue weighted by atomic mass is 10.1. The van der Waals surface area contributed by atoms with Crippen molar-refractivity contribution in [1.82, 2.24) is 14.9 Å². The first kappa shape index (κ1) is 13.2. The van der Waals surface area contributed by atoms with Gasteiger partial charge in [0.2, 0.25) is 0 Å². The average Bonchev–Trinajstić information content (AvgIpc) is 3.21. The Balaban J connectivity index is 1.74. The first-order valence-electron chi connectivity index (χ1n) is 7.16. The van der Waals surface area contributed by atoms with Gasteiger partial charge in [0.05, 0.1) is 25.2 Å². The standard InChI is InChI=1S/C16H21N3O/c1-12(13-3-7-16(20-2)8-4-13)19-11-17-9-15(19)10-18-14-5-6-14/h3-4,7-9,11-12,14,18H,5-6,10H2,1-2H3. The molecule has 1 aromatic carbocycles. The number of nitrogens with zero attached hydrogens (tertiary/aromatic N) is 2. The van der Waals surface area contributed by atoms with Gasteiger partial charge in [-0.05, 0) is 37.5 Å². The number of nitrogens with one attached hydrogen (secondary N) is 1. The summed E-state index contributed by atoms with van der Waals surface area (Å²) in [7, 11) is 1.69. The van der Waals surface area contributed by atoms with Crippen LogP contribution in [0.25, 0.3) is 0 Å². The van der Waals surface area contributed by atoms with E-state index in [2.05, 4.69) is 33.9 Å². The number of benzene rings is 1. The highest BCUT2D eigenvalue weighted by Crippen LogP contribution is 2.23. The molecule has 1 N–H and O–H groups in total. The summed E-state index contributed by atoms with van der Waals surface area (Å²) < 4.78 is 7.44. The highest BCUT2D eigenvalue weighted by atomic mass is 16.5. The molecule has 0 radical (unpaired) electrons. The van der Waals surface area contributed by atoms with Gasteiger partial charge in [-0.25, -0.2) is 4.98 Å². The first-order valence-corrected chi connectivity index (χ1v) is 7.16. The molecule has 1 atom stereocenters. The Morgan fingerprint density at radius 2 is 2.10 bits per heavy atom. The van der Waals surface area contributed by atoms with Gasteiger partial charge >= 0.3 is 0 Å². The molecule has 0 bridgehead atoms. The summed E-state index contributed by atoms with van der Waals surface area (Å²) in [5.74, 6) is 0.891.